The number of carbonyl (C=O) groups is 2. The second-order valence-corrected chi connectivity index (χ2v) is 2.14. The Kier molecular flexibility index (Phi) is 8.99. The van der Waals surface area contributed by atoms with Crippen LogP contribution in [0.2, 0.25) is 0 Å². The van der Waals surface area contributed by atoms with Gasteiger partial charge in [-0.1, -0.05) is 0 Å². The van der Waals surface area contributed by atoms with Crippen LogP contribution in [0, 0.1) is 0 Å². The standard InChI is InChI=1S/C4H8O3.C3H6O2/c1-3(5)2-4(6)7;1-3(4)5-2/h3,5H,2H2,1H3,(H,6,7);1-2H3. The Bertz CT molecular complexity index is 141. The zero-order chi connectivity index (χ0) is 10.1. The Labute approximate surface area is 71.0 Å². The van der Waals surface area contributed by atoms with Crippen LogP contribution in [0.4, 0.5) is 0 Å². The van der Waals surface area contributed by atoms with Gasteiger partial charge in [0.05, 0.1) is 19.6 Å². The average molecular weight is 178 g/mol. The average Bonchev–Trinajstić information content (AvgIpc) is 1.85. The molecular weight excluding hydrogens is 164 g/mol. The van der Waals surface area contributed by atoms with E-state index in [-0.39, 0.29) is 12.4 Å². The fraction of sp³-hybridized carbons (Fsp3) is 0.714. The third-order valence-corrected chi connectivity index (χ3v) is 0.757. The van der Waals surface area contributed by atoms with Crippen LogP contribution in [0.3, 0.4) is 0 Å². The molecule has 0 heterocycles. The van der Waals surface area contributed by atoms with Crippen molar-refractivity contribution in [2.24, 2.45) is 0 Å². The van der Waals surface area contributed by atoms with Crippen molar-refractivity contribution in [3.05, 3.63) is 0 Å². The van der Waals surface area contributed by atoms with Crippen molar-refractivity contribution in [1.29, 1.82) is 0 Å². The smallest absolute Gasteiger partial charge is 0.305 e. The Morgan fingerprint density at radius 2 is 1.83 bits per heavy atom. The molecule has 0 bridgehead atoms. The summed E-state index contributed by atoms with van der Waals surface area (Å²) in [6, 6.07) is 0. The maximum absolute atomic E-state index is 9.65. The number of ether oxygens (including phenoxy) is 1. The molecule has 5 heteroatoms. The monoisotopic (exact) mass is 178 g/mol. The number of methoxy groups -OCH3 is 1. The number of hydrogen-bond donors (Lipinski definition) is 2. The lowest BCUT2D eigenvalue weighted by atomic mass is 10.3. The topological polar surface area (TPSA) is 83.8 Å². The largest absolute Gasteiger partial charge is 0.481 e. The van der Waals surface area contributed by atoms with Crippen LogP contribution < -0.4 is 0 Å². The zero-order valence-electron chi connectivity index (χ0n) is 7.40. The number of carboxylic acid groups (broad SMARTS) is 1. The van der Waals surface area contributed by atoms with Gasteiger partial charge in [-0.3, -0.25) is 9.59 Å². The minimum atomic E-state index is -0.963. The molecule has 0 aromatic carbocycles. The highest BCUT2D eigenvalue weighted by Crippen LogP contribution is 1.85. The highest BCUT2D eigenvalue weighted by atomic mass is 16.5. The van der Waals surface area contributed by atoms with Crippen molar-refractivity contribution in [3.8, 4) is 0 Å². The summed E-state index contributed by atoms with van der Waals surface area (Å²) in [4.78, 5) is 19.2. The molecule has 0 rings (SSSR count). The van der Waals surface area contributed by atoms with Crippen LogP contribution >= 0.6 is 0 Å². The van der Waals surface area contributed by atoms with E-state index < -0.39 is 12.1 Å². The van der Waals surface area contributed by atoms with Gasteiger partial charge in [0.25, 0.3) is 0 Å². The number of carboxylic acids is 1. The Morgan fingerprint density at radius 3 is 1.83 bits per heavy atom. The second-order valence-electron chi connectivity index (χ2n) is 2.14. The van der Waals surface area contributed by atoms with Crippen molar-refractivity contribution < 1.29 is 24.5 Å². The summed E-state index contributed by atoms with van der Waals surface area (Å²) in [5.41, 5.74) is 0. The van der Waals surface area contributed by atoms with Gasteiger partial charge in [-0.15, -0.1) is 0 Å². The molecule has 0 saturated carbocycles. The third-order valence-electron chi connectivity index (χ3n) is 0.757. The summed E-state index contributed by atoms with van der Waals surface area (Å²) in [7, 11) is 1.35. The van der Waals surface area contributed by atoms with E-state index in [1.54, 1.807) is 0 Å². The van der Waals surface area contributed by atoms with Crippen LogP contribution in [-0.2, 0) is 14.3 Å². The molecule has 5 nitrogen and oxygen atoms in total. The summed E-state index contributed by atoms with van der Waals surface area (Å²) in [5, 5.41) is 16.3. The first-order valence-corrected chi connectivity index (χ1v) is 3.34. The number of rotatable bonds is 2. The van der Waals surface area contributed by atoms with Crippen molar-refractivity contribution in [3.63, 3.8) is 0 Å². The van der Waals surface area contributed by atoms with Gasteiger partial charge >= 0.3 is 11.9 Å². The minimum absolute atomic E-state index is 0.167. The number of aliphatic hydroxyl groups is 1. The summed E-state index contributed by atoms with van der Waals surface area (Å²) in [5.74, 6) is -1.21. The van der Waals surface area contributed by atoms with Crippen LogP contribution in [-0.4, -0.2) is 35.4 Å². The van der Waals surface area contributed by atoms with Crippen molar-refractivity contribution in [1.82, 2.24) is 0 Å². The summed E-state index contributed by atoms with van der Waals surface area (Å²) in [6.45, 7) is 2.80. The number of aliphatic hydroxyl groups excluding tert-OH is 1. The van der Waals surface area contributed by atoms with Crippen molar-refractivity contribution in [2.75, 3.05) is 7.11 Å². The molecule has 1 unspecified atom stereocenters. The fourth-order valence-electron chi connectivity index (χ4n) is 0.253. The van der Waals surface area contributed by atoms with E-state index in [1.807, 2.05) is 0 Å². The first-order valence-electron chi connectivity index (χ1n) is 3.34. The predicted octanol–water partition coefficient (Wildman–Crippen LogP) is 0.0212. The molecular formula is C7H14O5. The number of carbonyl (C=O) groups excluding carboxylic acids is 1. The van der Waals surface area contributed by atoms with Crippen molar-refractivity contribution >= 4 is 11.9 Å². The molecule has 0 aromatic rings. The quantitative estimate of drug-likeness (QED) is 0.582. The SMILES string of the molecule is CC(O)CC(=O)O.COC(C)=O. The lowest BCUT2D eigenvalue weighted by Gasteiger charge is -1.94. The van der Waals surface area contributed by atoms with E-state index in [0.29, 0.717) is 0 Å². The number of esters is 1. The molecule has 72 valence electrons. The van der Waals surface area contributed by atoms with Gasteiger partial charge < -0.3 is 14.9 Å². The molecule has 2 N–H and O–H groups in total. The zero-order valence-corrected chi connectivity index (χ0v) is 7.40. The normalized spacial score (nSPS) is 10.7. The van der Waals surface area contributed by atoms with Crippen LogP contribution in [0.15, 0.2) is 0 Å². The predicted molar refractivity (Wildman–Crippen MR) is 41.6 cm³/mol. The highest BCUT2D eigenvalue weighted by molar-refractivity contribution is 5.67. The molecule has 1 atom stereocenters. The van der Waals surface area contributed by atoms with E-state index in [1.165, 1.54) is 21.0 Å². The van der Waals surface area contributed by atoms with Gasteiger partial charge in [0.2, 0.25) is 0 Å². The van der Waals surface area contributed by atoms with Gasteiger partial charge in [-0.25, -0.2) is 0 Å². The van der Waals surface area contributed by atoms with Crippen LogP contribution in [0.5, 0.6) is 0 Å². The lowest BCUT2D eigenvalue weighted by Crippen LogP contribution is -2.07. The lowest BCUT2D eigenvalue weighted by molar-refractivity contribution is -0.139. The van der Waals surface area contributed by atoms with E-state index in [2.05, 4.69) is 4.74 Å². The van der Waals surface area contributed by atoms with Gasteiger partial charge in [0, 0.05) is 6.92 Å². The Morgan fingerprint density at radius 1 is 1.50 bits per heavy atom. The molecule has 0 aliphatic rings. The molecule has 0 aliphatic heterocycles. The third kappa shape index (κ3) is 23.1. The molecule has 0 amide bonds. The maximum Gasteiger partial charge on any atom is 0.305 e. The van der Waals surface area contributed by atoms with E-state index in [0.717, 1.165) is 0 Å². The van der Waals surface area contributed by atoms with Gasteiger partial charge in [-0.2, -0.15) is 0 Å². The van der Waals surface area contributed by atoms with E-state index >= 15 is 0 Å². The second kappa shape index (κ2) is 8.00. The van der Waals surface area contributed by atoms with Crippen molar-refractivity contribution in [2.45, 2.75) is 26.4 Å². The Hall–Kier alpha value is -1.10. The number of aliphatic carboxylic acids is 1. The van der Waals surface area contributed by atoms with Gasteiger partial charge in [-0.05, 0) is 6.92 Å². The molecule has 0 aliphatic carbocycles. The first kappa shape index (κ1) is 13.5. The summed E-state index contributed by atoms with van der Waals surface area (Å²) >= 11 is 0. The molecule has 0 radical (unpaired) electrons. The van der Waals surface area contributed by atoms with E-state index in [9.17, 15) is 9.59 Å². The molecule has 0 spiro atoms. The minimum Gasteiger partial charge on any atom is -0.481 e. The summed E-state index contributed by atoms with van der Waals surface area (Å²) < 4.78 is 4.11. The first-order chi connectivity index (χ1) is 5.40. The fourth-order valence-corrected chi connectivity index (χ4v) is 0.253. The van der Waals surface area contributed by atoms with E-state index in [4.69, 9.17) is 10.2 Å². The van der Waals surface area contributed by atoms with Crippen LogP contribution in [0.25, 0.3) is 0 Å². The van der Waals surface area contributed by atoms with Gasteiger partial charge in [0.1, 0.15) is 0 Å². The Balaban J connectivity index is 0. The number of hydrogen-bond acceptors (Lipinski definition) is 4. The molecule has 12 heavy (non-hydrogen) atoms. The maximum atomic E-state index is 9.65. The summed E-state index contributed by atoms with van der Waals surface area (Å²) in [6.07, 6.45) is -0.891. The van der Waals surface area contributed by atoms with Gasteiger partial charge in [0.15, 0.2) is 0 Å². The highest BCUT2D eigenvalue weighted by Gasteiger charge is 2.00. The molecule has 0 aromatic heterocycles. The molecule has 0 fully saturated rings. The molecule has 0 saturated heterocycles. The van der Waals surface area contributed by atoms with Crippen LogP contribution in [0.1, 0.15) is 20.3 Å².